The smallest absolute Gasteiger partial charge is 0.134 e. The second kappa shape index (κ2) is 4.62. The Morgan fingerprint density at radius 2 is 2.00 bits per heavy atom. The molecule has 0 spiro atoms. The standard InChI is InChI=1S/C8H19N2.HI/c1-4-5-9-6-7-10(2,3)8-9;/h4-8H2,1-3H3;1H/q+1;/p-1. The third-order valence-electron chi connectivity index (χ3n) is 2.14. The average molecular weight is 270 g/mol. The van der Waals surface area contributed by atoms with E-state index in [-0.39, 0.29) is 24.0 Å². The highest BCUT2D eigenvalue weighted by atomic mass is 127. The molecule has 0 aromatic rings. The van der Waals surface area contributed by atoms with Crippen molar-refractivity contribution in [3.8, 4) is 0 Å². The molecule has 0 atom stereocenters. The third kappa shape index (κ3) is 3.71. The van der Waals surface area contributed by atoms with Gasteiger partial charge in [0.25, 0.3) is 0 Å². The fraction of sp³-hybridized carbons (Fsp3) is 1.00. The van der Waals surface area contributed by atoms with E-state index in [4.69, 9.17) is 0 Å². The van der Waals surface area contributed by atoms with E-state index in [1.165, 1.54) is 37.2 Å². The molecule has 68 valence electrons. The first-order chi connectivity index (χ1) is 4.64. The van der Waals surface area contributed by atoms with Crippen LogP contribution in [0.2, 0.25) is 0 Å². The highest BCUT2D eigenvalue weighted by Crippen LogP contribution is 2.09. The van der Waals surface area contributed by atoms with Gasteiger partial charge in [0.05, 0.1) is 27.2 Å². The van der Waals surface area contributed by atoms with Gasteiger partial charge in [-0.1, -0.05) is 6.92 Å². The maximum atomic E-state index is 2.54. The molecule has 0 amide bonds. The van der Waals surface area contributed by atoms with Crippen LogP contribution in [0.3, 0.4) is 0 Å². The molecule has 11 heavy (non-hydrogen) atoms. The molecule has 0 aliphatic carbocycles. The van der Waals surface area contributed by atoms with Crippen molar-refractivity contribution in [3.63, 3.8) is 0 Å². The third-order valence-corrected chi connectivity index (χ3v) is 2.14. The molecule has 3 heteroatoms. The predicted octanol–water partition coefficient (Wildman–Crippen LogP) is -2.25. The zero-order valence-corrected chi connectivity index (χ0v) is 9.97. The normalized spacial score (nSPS) is 23.2. The molecule has 1 aliphatic rings. The lowest BCUT2D eigenvalue weighted by Gasteiger charge is -2.23. The fourth-order valence-electron chi connectivity index (χ4n) is 1.59. The summed E-state index contributed by atoms with van der Waals surface area (Å²) in [6.45, 7) is 7.38. The van der Waals surface area contributed by atoms with Crippen LogP contribution in [-0.2, 0) is 0 Å². The minimum Gasteiger partial charge on any atom is -1.00 e. The number of likely N-dealkylation sites (N-methyl/N-ethyl adjacent to an activating group) is 1. The topological polar surface area (TPSA) is 3.24 Å². The minimum atomic E-state index is 0. The van der Waals surface area contributed by atoms with Crippen LogP contribution in [-0.4, -0.2) is 49.8 Å². The first-order valence-electron chi connectivity index (χ1n) is 4.18. The molecule has 1 aliphatic heterocycles. The van der Waals surface area contributed by atoms with Gasteiger partial charge < -0.3 is 28.5 Å². The van der Waals surface area contributed by atoms with Crippen LogP contribution in [0.15, 0.2) is 0 Å². The van der Waals surface area contributed by atoms with E-state index in [0.717, 1.165) is 0 Å². The number of hydrogen-bond acceptors (Lipinski definition) is 1. The molecule has 1 rings (SSSR count). The Labute approximate surface area is 87.2 Å². The average Bonchev–Trinajstić information content (AvgIpc) is 2.12. The van der Waals surface area contributed by atoms with Gasteiger partial charge in [-0.25, -0.2) is 0 Å². The van der Waals surface area contributed by atoms with Crippen LogP contribution in [0.5, 0.6) is 0 Å². The van der Waals surface area contributed by atoms with E-state index in [0.29, 0.717) is 0 Å². The highest BCUT2D eigenvalue weighted by molar-refractivity contribution is 4.57. The number of nitrogens with zero attached hydrogens (tertiary/aromatic N) is 2. The minimum absolute atomic E-state index is 0. The lowest BCUT2D eigenvalue weighted by molar-refractivity contribution is -0.882. The fourth-order valence-corrected chi connectivity index (χ4v) is 1.59. The molecule has 0 N–H and O–H groups in total. The lowest BCUT2D eigenvalue weighted by atomic mass is 10.4. The zero-order valence-electron chi connectivity index (χ0n) is 7.81. The van der Waals surface area contributed by atoms with Crippen LogP contribution < -0.4 is 24.0 Å². The van der Waals surface area contributed by atoms with Crippen molar-refractivity contribution < 1.29 is 28.5 Å². The van der Waals surface area contributed by atoms with Gasteiger partial charge in [0, 0.05) is 6.54 Å². The Hall–Kier alpha value is 0.650. The van der Waals surface area contributed by atoms with E-state index >= 15 is 0 Å². The van der Waals surface area contributed by atoms with Crippen molar-refractivity contribution >= 4 is 0 Å². The second-order valence-corrected chi connectivity index (χ2v) is 3.92. The molecule has 0 saturated carbocycles. The van der Waals surface area contributed by atoms with Gasteiger partial charge in [0.2, 0.25) is 0 Å². The van der Waals surface area contributed by atoms with Crippen molar-refractivity contribution in [2.45, 2.75) is 13.3 Å². The maximum absolute atomic E-state index is 2.54. The number of quaternary nitrogens is 1. The largest absolute Gasteiger partial charge is 1.00 e. The van der Waals surface area contributed by atoms with E-state index in [1.807, 2.05) is 0 Å². The van der Waals surface area contributed by atoms with Crippen LogP contribution >= 0.6 is 0 Å². The Kier molecular flexibility index (Phi) is 4.89. The molecule has 0 radical (unpaired) electrons. The van der Waals surface area contributed by atoms with Crippen molar-refractivity contribution in [2.24, 2.45) is 0 Å². The summed E-state index contributed by atoms with van der Waals surface area (Å²) in [5.41, 5.74) is 0. The second-order valence-electron chi connectivity index (χ2n) is 3.92. The molecule has 1 saturated heterocycles. The van der Waals surface area contributed by atoms with Crippen LogP contribution in [0, 0.1) is 0 Å². The zero-order chi connectivity index (χ0) is 7.61. The molecule has 2 nitrogen and oxygen atoms in total. The molecule has 0 aromatic heterocycles. The molecule has 1 fully saturated rings. The van der Waals surface area contributed by atoms with Crippen LogP contribution in [0.25, 0.3) is 0 Å². The summed E-state index contributed by atoms with van der Waals surface area (Å²) < 4.78 is 1.18. The SMILES string of the molecule is CCCN1CC[N+](C)(C)C1.[I-]. The summed E-state index contributed by atoms with van der Waals surface area (Å²) in [5, 5.41) is 0. The Balaban J connectivity index is 0.000001000. The van der Waals surface area contributed by atoms with Gasteiger partial charge in [-0.15, -0.1) is 0 Å². The monoisotopic (exact) mass is 270 g/mol. The van der Waals surface area contributed by atoms with Gasteiger partial charge in [-0.2, -0.15) is 0 Å². The molecule has 1 heterocycles. The number of rotatable bonds is 2. The van der Waals surface area contributed by atoms with Gasteiger partial charge in [-0.3, -0.25) is 4.90 Å². The number of hydrogen-bond donors (Lipinski definition) is 0. The Morgan fingerprint density at radius 3 is 2.36 bits per heavy atom. The van der Waals surface area contributed by atoms with Crippen LogP contribution in [0.1, 0.15) is 13.3 Å². The van der Waals surface area contributed by atoms with Crippen molar-refractivity contribution in [3.05, 3.63) is 0 Å². The van der Waals surface area contributed by atoms with Crippen LogP contribution in [0.4, 0.5) is 0 Å². The van der Waals surface area contributed by atoms with Gasteiger partial charge in [-0.05, 0) is 6.42 Å². The van der Waals surface area contributed by atoms with Gasteiger partial charge in [0.15, 0.2) is 0 Å². The summed E-state index contributed by atoms with van der Waals surface area (Å²) in [6, 6.07) is 0. The quantitative estimate of drug-likeness (QED) is 0.405. The molecular formula is C8H19IN2. The van der Waals surface area contributed by atoms with Crippen molar-refractivity contribution in [1.29, 1.82) is 0 Å². The van der Waals surface area contributed by atoms with Gasteiger partial charge >= 0.3 is 0 Å². The first-order valence-corrected chi connectivity index (χ1v) is 4.18. The summed E-state index contributed by atoms with van der Waals surface area (Å²) in [7, 11) is 4.60. The first kappa shape index (κ1) is 11.6. The van der Waals surface area contributed by atoms with E-state index in [1.54, 1.807) is 0 Å². The summed E-state index contributed by atoms with van der Waals surface area (Å²) in [6.07, 6.45) is 1.29. The van der Waals surface area contributed by atoms with Crippen molar-refractivity contribution in [2.75, 3.05) is 40.4 Å². The number of halogens is 1. The molecule has 0 aromatic carbocycles. The lowest BCUT2D eigenvalue weighted by Crippen LogP contribution is -3.00. The van der Waals surface area contributed by atoms with Crippen molar-refractivity contribution in [1.82, 2.24) is 4.90 Å². The molecule has 0 unspecified atom stereocenters. The van der Waals surface area contributed by atoms with E-state index in [2.05, 4.69) is 25.9 Å². The van der Waals surface area contributed by atoms with Gasteiger partial charge in [0.1, 0.15) is 6.67 Å². The molecular weight excluding hydrogens is 251 g/mol. The maximum Gasteiger partial charge on any atom is 0.134 e. The Morgan fingerprint density at radius 1 is 1.36 bits per heavy atom. The predicted molar refractivity (Wildman–Crippen MR) is 43.7 cm³/mol. The summed E-state index contributed by atoms with van der Waals surface area (Å²) in [5.74, 6) is 0. The highest BCUT2D eigenvalue weighted by Gasteiger charge is 2.26. The summed E-state index contributed by atoms with van der Waals surface area (Å²) >= 11 is 0. The Bertz CT molecular complexity index is 115. The molecule has 0 bridgehead atoms. The summed E-state index contributed by atoms with van der Waals surface area (Å²) in [4.78, 5) is 2.54. The van der Waals surface area contributed by atoms with E-state index in [9.17, 15) is 0 Å². The van der Waals surface area contributed by atoms with E-state index < -0.39 is 0 Å².